The van der Waals surface area contributed by atoms with E-state index >= 15 is 0 Å². The lowest BCUT2D eigenvalue weighted by atomic mass is 10.3. The largest absolute Gasteiger partial charge is 0.492 e. The maximum atomic E-state index is 13.5. The molecule has 0 atom stereocenters. The molecule has 0 aliphatic rings. The first-order chi connectivity index (χ1) is 10.6. The molecule has 0 unspecified atom stereocenters. The molecule has 0 aliphatic carbocycles. The van der Waals surface area contributed by atoms with Gasteiger partial charge in [-0.25, -0.2) is 8.78 Å². The van der Waals surface area contributed by atoms with Gasteiger partial charge >= 0.3 is 0 Å². The van der Waals surface area contributed by atoms with Gasteiger partial charge in [-0.1, -0.05) is 12.1 Å². The zero-order valence-electron chi connectivity index (χ0n) is 11.9. The van der Waals surface area contributed by atoms with Crippen LogP contribution in [0.25, 0.3) is 0 Å². The Morgan fingerprint density at radius 2 is 2.00 bits per heavy atom. The van der Waals surface area contributed by atoms with Crippen LogP contribution in [0.3, 0.4) is 0 Å². The lowest BCUT2D eigenvalue weighted by Gasteiger charge is -2.11. The highest BCUT2D eigenvalue weighted by atomic mass is 32.2. The molecule has 0 aromatic heterocycles. The number of benzene rings is 2. The van der Waals surface area contributed by atoms with Crippen molar-refractivity contribution in [2.45, 2.75) is 11.8 Å². The number of para-hydroxylation sites is 2. The average Bonchev–Trinajstić information content (AvgIpc) is 2.50. The van der Waals surface area contributed by atoms with Gasteiger partial charge < -0.3 is 10.1 Å². The van der Waals surface area contributed by atoms with Gasteiger partial charge in [0.1, 0.15) is 17.4 Å². The summed E-state index contributed by atoms with van der Waals surface area (Å²) in [5.41, 5.74) is 0.551. The quantitative estimate of drug-likeness (QED) is 0.814. The van der Waals surface area contributed by atoms with Crippen LogP contribution in [0.1, 0.15) is 6.92 Å². The Balaban J connectivity index is 1.97. The molecular formula is C16H15F2NO2S. The monoisotopic (exact) mass is 323 g/mol. The molecule has 0 heterocycles. The van der Waals surface area contributed by atoms with Gasteiger partial charge in [0, 0.05) is 4.90 Å². The molecule has 3 nitrogen and oxygen atoms in total. The van der Waals surface area contributed by atoms with Crippen molar-refractivity contribution in [2.75, 3.05) is 17.7 Å². The molecule has 116 valence electrons. The van der Waals surface area contributed by atoms with Crippen molar-refractivity contribution < 1.29 is 18.3 Å². The Morgan fingerprint density at radius 1 is 1.23 bits per heavy atom. The second-order valence-electron chi connectivity index (χ2n) is 4.34. The van der Waals surface area contributed by atoms with Gasteiger partial charge in [0.15, 0.2) is 0 Å². The van der Waals surface area contributed by atoms with Gasteiger partial charge in [-0.2, -0.15) is 0 Å². The first-order valence-corrected chi connectivity index (χ1v) is 7.68. The van der Waals surface area contributed by atoms with E-state index in [2.05, 4.69) is 5.32 Å². The van der Waals surface area contributed by atoms with E-state index in [1.54, 1.807) is 24.3 Å². The number of anilines is 1. The first-order valence-electron chi connectivity index (χ1n) is 6.69. The molecule has 0 spiro atoms. The number of carbonyl (C=O) groups is 1. The molecule has 0 saturated heterocycles. The standard InChI is InChI=1S/C16H15F2NO2S/c1-2-21-14-6-4-3-5-13(14)19-16(20)10-22-15-9-11(17)7-8-12(15)18/h3-9H,2,10H2,1H3,(H,19,20). The highest BCUT2D eigenvalue weighted by Crippen LogP contribution is 2.26. The molecule has 6 heteroatoms. The third-order valence-electron chi connectivity index (χ3n) is 2.71. The van der Waals surface area contributed by atoms with Gasteiger partial charge in [0.25, 0.3) is 0 Å². The molecule has 1 amide bonds. The van der Waals surface area contributed by atoms with Crippen LogP contribution < -0.4 is 10.1 Å². The number of hydrogen-bond acceptors (Lipinski definition) is 3. The van der Waals surface area contributed by atoms with Gasteiger partial charge in [0.2, 0.25) is 5.91 Å². The molecule has 2 aromatic carbocycles. The summed E-state index contributed by atoms with van der Waals surface area (Å²) in [6.45, 7) is 2.33. The number of hydrogen-bond donors (Lipinski definition) is 1. The summed E-state index contributed by atoms with van der Waals surface area (Å²) in [7, 11) is 0. The summed E-state index contributed by atoms with van der Waals surface area (Å²) < 4.78 is 31.9. The molecule has 2 rings (SSSR count). The summed E-state index contributed by atoms with van der Waals surface area (Å²) in [5, 5.41) is 2.70. The van der Waals surface area contributed by atoms with Crippen LogP contribution in [0.15, 0.2) is 47.4 Å². The van der Waals surface area contributed by atoms with E-state index in [-0.39, 0.29) is 16.6 Å². The van der Waals surface area contributed by atoms with E-state index in [0.29, 0.717) is 18.0 Å². The lowest BCUT2D eigenvalue weighted by Crippen LogP contribution is -2.15. The number of ether oxygens (including phenoxy) is 1. The van der Waals surface area contributed by atoms with Crippen molar-refractivity contribution in [2.24, 2.45) is 0 Å². The molecule has 1 N–H and O–H groups in total. The summed E-state index contributed by atoms with van der Waals surface area (Å²) in [5.74, 6) is -0.859. The first kappa shape index (κ1) is 16.3. The van der Waals surface area contributed by atoms with Crippen molar-refractivity contribution in [3.63, 3.8) is 0 Å². The second-order valence-corrected chi connectivity index (χ2v) is 5.36. The highest BCUT2D eigenvalue weighted by Gasteiger charge is 2.10. The molecule has 0 aliphatic heterocycles. The maximum absolute atomic E-state index is 13.5. The van der Waals surface area contributed by atoms with E-state index in [1.807, 2.05) is 6.92 Å². The number of amides is 1. The Kier molecular flexibility index (Phi) is 5.77. The summed E-state index contributed by atoms with van der Waals surface area (Å²) in [4.78, 5) is 12.0. The van der Waals surface area contributed by atoms with Gasteiger partial charge in [-0.05, 0) is 37.3 Å². The lowest BCUT2D eigenvalue weighted by molar-refractivity contribution is -0.113. The van der Waals surface area contributed by atoms with Crippen molar-refractivity contribution in [1.29, 1.82) is 0 Å². The predicted octanol–water partition coefficient (Wildman–Crippen LogP) is 4.09. The topological polar surface area (TPSA) is 38.3 Å². The third kappa shape index (κ3) is 4.46. The number of carbonyl (C=O) groups excluding carboxylic acids is 1. The molecule has 0 saturated carbocycles. The van der Waals surface area contributed by atoms with Crippen LogP contribution in [0, 0.1) is 11.6 Å². The third-order valence-corrected chi connectivity index (χ3v) is 3.74. The Hall–Kier alpha value is -2.08. The Labute approximate surface area is 131 Å². The average molecular weight is 323 g/mol. The number of halogens is 2. The van der Waals surface area contributed by atoms with Gasteiger partial charge in [0.05, 0.1) is 18.0 Å². The number of rotatable bonds is 6. The minimum Gasteiger partial charge on any atom is -0.492 e. The van der Waals surface area contributed by atoms with Gasteiger partial charge in [-0.15, -0.1) is 11.8 Å². The fourth-order valence-electron chi connectivity index (χ4n) is 1.77. The van der Waals surface area contributed by atoms with Crippen LogP contribution in [0.4, 0.5) is 14.5 Å². The minimum absolute atomic E-state index is 0.0270. The van der Waals surface area contributed by atoms with Crippen molar-refractivity contribution in [3.05, 3.63) is 54.1 Å². The number of nitrogens with one attached hydrogen (secondary N) is 1. The van der Waals surface area contributed by atoms with E-state index in [1.165, 1.54) is 0 Å². The molecule has 0 bridgehead atoms. The van der Waals surface area contributed by atoms with E-state index in [4.69, 9.17) is 4.74 Å². The summed E-state index contributed by atoms with van der Waals surface area (Å²) >= 11 is 0.940. The molecule has 0 radical (unpaired) electrons. The van der Waals surface area contributed by atoms with Crippen LogP contribution in [0.5, 0.6) is 5.75 Å². The van der Waals surface area contributed by atoms with Crippen LogP contribution in [-0.2, 0) is 4.79 Å². The van der Waals surface area contributed by atoms with Crippen LogP contribution >= 0.6 is 11.8 Å². The van der Waals surface area contributed by atoms with E-state index in [9.17, 15) is 13.6 Å². The maximum Gasteiger partial charge on any atom is 0.234 e. The Bertz CT molecular complexity index is 664. The fraction of sp³-hybridized carbons (Fsp3) is 0.188. The van der Waals surface area contributed by atoms with Gasteiger partial charge in [-0.3, -0.25) is 4.79 Å². The zero-order chi connectivity index (χ0) is 15.9. The van der Waals surface area contributed by atoms with Crippen molar-refractivity contribution in [3.8, 4) is 5.75 Å². The molecule has 2 aromatic rings. The van der Waals surface area contributed by atoms with E-state index < -0.39 is 11.6 Å². The SMILES string of the molecule is CCOc1ccccc1NC(=O)CSc1cc(F)ccc1F. The second kappa shape index (κ2) is 7.79. The Morgan fingerprint density at radius 3 is 2.77 bits per heavy atom. The van der Waals surface area contributed by atoms with Crippen molar-refractivity contribution >= 4 is 23.4 Å². The molecular weight excluding hydrogens is 308 g/mol. The number of thioether (sulfide) groups is 1. The normalized spacial score (nSPS) is 10.3. The predicted molar refractivity (Wildman–Crippen MR) is 83.3 cm³/mol. The summed E-state index contributed by atoms with van der Waals surface area (Å²) in [6, 6.07) is 10.2. The zero-order valence-corrected chi connectivity index (χ0v) is 12.8. The smallest absolute Gasteiger partial charge is 0.234 e. The van der Waals surface area contributed by atoms with E-state index in [0.717, 1.165) is 30.0 Å². The fourth-order valence-corrected chi connectivity index (χ4v) is 2.53. The van der Waals surface area contributed by atoms with Crippen LogP contribution in [-0.4, -0.2) is 18.3 Å². The molecule has 0 fully saturated rings. The highest BCUT2D eigenvalue weighted by molar-refractivity contribution is 8.00. The van der Waals surface area contributed by atoms with Crippen LogP contribution in [0.2, 0.25) is 0 Å². The minimum atomic E-state index is -0.547. The summed E-state index contributed by atoms with van der Waals surface area (Å²) in [6.07, 6.45) is 0. The molecule has 22 heavy (non-hydrogen) atoms. The van der Waals surface area contributed by atoms with Crippen molar-refractivity contribution in [1.82, 2.24) is 0 Å².